The van der Waals surface area contributed by atoms with E-state index in [9.17, 15) is 13.2 Å². The topological polar surface area (TPSA) is 83.7 Å². The number of carbonyl (C=O) groups is 1. The molecule has 2 heterocycles. The minimum atomic E-state index is -3.82. The highest BCUT2D eigenvalue weighted by Crippen LogP contribution is 2.31. The molecule has 1 aromatic heterocycles. The molecule has 31 heavy (non-hydrogen) atoms. The summed E-state index contributed by atoms with van der Waals surface area (Å²) in [6.45, 7) is 2.70. The number of aryl methyl sites for hydroxylation is 1. The normalized spacial score (nSPS) is 15.3. The van der Waals surface area contributed by atoms with Crippen LogP contribution in [-0.2, 0) is 10.0 Å². The van der Waals surface area contributed by atoms with Gasteiger partial charge in [0.05, 0.1) is 10.0 Å². The molecule has 0 atom stereocenters. The van der Waals surface area contributed by atoms with Crippen LogP contribution in [-0.4, -0.2) is 54.9 Å². The number of hydrogen-bond acceptors (Lipinski definition) is 5. The molecule has 0 N–H and O–H groups in total. The van der Waals surface area contributed by atoms with Gasteiger partial charge in [0.1, 0.15) is 10.6 Å². The second kappa shape index (κ2) is 8.63. The van der Waals surface area contributed by atoms with Crippen molar-refractivity contribution in [2.24, 2.45) is 0 Å². The van der Waals surface area contributed by atoms with E-state index < -0.39 is 10.0 Å². The molecule has 0 spiro atoms. The minimum Gasteiger partial charge on any atom is -0.350 e. The fraction of sp³-hybridized carbons (Fsp3) is 0.238. The van der Waals surface area contributed by atoms with Gasteiger partial charge in [-0.05, 0) is 19.1 Å². The first kappa shape index (κ1) is 21.8. The van der Waals surface area contributed by atoms with E-state index in [-0.39, 0.29) is 52.8 Å². The molecule has 0 bridgehead atoms. The van der Waals surface area contributed by atoms with Crippen LogP contribution in [0, 0.1) is 6.92 Å². The van der Waals surface area contributed by atoms with Gasteiger partial charge in [0, 0.05) is 37.8 Å². The Morgan fingerprint density at radius 1 is 1.03 bits per heavy atom. The van der Waals surface area contributed by atoms with Gasteiger partial charge in [0.2, 0.25) is 15.8 Å². The monoisotopic (exact) mass is 479 g/mol. The number of amides is 1. The van der Waals surface area contributed by atoms with Crippen LogP contribution in [0.25, 0.3) is 11.3 Å². The van der Waals surface area contributed by atoms with Gasteiger partial charge in [-0.3, -0.25) is 4.79 Å². The van der Waals surface area contributed by atoms with Gasteiger partial charge in [-0.25, -0.2) is 8.42 Å². The second-order valence-electron chi connectivity index (χ2n) is 7.19. The number of nitrogens with zero attached hydrogens (tertiary/aromatic N) is 3. The molecule has 10 heteroatoms. The van der Waals surface area contributed by atoms with Gasteiger partial charge < -0.3 is 9.42 Å². The summed E-state index contributed by atoms with van der Waals surface area (Å²) >= 11 is 12.1. The Labute approximate surface area is 190 Å². The molecule has 1 saturated heterocycles. The first-order valence-electron chi connectivity index (χ1n) is 9.54. The van der Waals surface area contributed by atoms with Crippen LogP contribution in [0.15, 0.2) is 57.9 Å². The SMILES string of the molecule is Cc1ccc(-c2cc(C(=O)N3CCN(S(=O)(=O)c4cccc(Cl)c4Cl)CC3)on2)cc1. The highest BCUT2D eigenvalue weighted by Gasteiger charge is 2.33. The summed E-state index contributed by atoms with van der Waals surface area (Å²) in [5.74, 6) is -0.214. The van der Waals surface area contributed by atoms with Crippen molar-refractivity contribution in [3.63, 3.8) is 0 Å². The average molecular weight is 480 g/mol. The molecular formula is C21H19Cl2N3O4S. The third-order valence-electron chi connectivity index (χ3n) is 5.13. The lowest BCUT2D eigenvalue weighted by Crippen LogP contribution is -2.50. The van der Waals surface area contributed by atoms with Gasteiger partial charge in [0.25, 0.3) is 5.91 Å². The van der Waals surface area contributed by atoms with E-state index in [1.807, 2.05) is 31.2 Å². The number of hydrogen-bond donors (Lipinski definition) is 0. The van der Waals surface area contributed by atoms with E-state index in [2.05, 4.69) is 5.16 Å². The van der Waals surface area contributed by atoms with Crippen molar-refractivity contribution in [3.8, 4) is 11.3 Å². The summed E-state index contributed by atoms with van der Waals surface area (Å²) in [5, 5.41) is 4.15. The zero-order valence-electron chi connectivity index (χ0n) is 16.6. The number of carbonyl (C=O) groups excluding carboxylic acids is 1. The minimum absolute atomic E-state index is 0.00651. The number of piperazine rings is 1. The summed E-state index contributed by atoms with van der Waals surface area (Å²) in [6.07, 6.45) is 0. The number of aromatic nitrogens is 1. The maximum atomic E-state index is 12.9. The Kier molecular flexibility index (Phi) is 6.07. The lowest BCUT2D eigenvalue weighted by molar-refractivity contribution is 0.0656. The fourth-order valence-electron chi connectivity index (χ4n) is 3.35. The maximum absolute atomic E-state index is 12.9. The molecule has 1 amide bonds. The highest BCUT2D eigenvalue weighted by atomic mass is 35.5. The van der Waals surface area contributed by atoms with Crippen LogP contribution in [0.1, 0.15) is 16.1 Å². The van der Waals surface area contributed by atoms with E-state index in [1.165, 1.54) is 22.5 Å². The molecular weight excluding hydrogens is 461 g/mol. The van der Waals surface area contributed by atoms with Crippen LogP contribution in [0.4, 0.5) is 0 Å². The molecule has 162 valence electrons. The summed E-state index contributed by atoms with van der Waals surface area (Å²) in [4.78, 5) is 14.3. The summed E-state index contributed by atoms with van der Waals surface area (Å²) in [5.41, 5.74) is 2.54. The Balaban J connectivity index is 1.45. The van der Waals surface area contributed by atoms with Crippen molar-refractivity contribution in [1.82, 2.24) is 14.4 Å². The summed E-state index contributed by atoms with van der Waals surface area (Å²) in [7, 11) is -3.82. The second-order valence-corrected chi connectivity index (χ2v) is 9.88. The lowest BCUT2D eigenvalue weighted by Gasteiger charge is -2.33. The number of halogens is 2. The molecule has 7 nitrogen and oxygen atoms in total. The van der Waals surface area contributed by atoms with Crippen LogP contribution in [0.3, 0.4) is 0 Å². The summed E-state index contributed by atoms with van der Waals surface area (Å²) in [6, 6.07) is 13.8. The van der Waals surface area contributed by atoms with E-state index in [0.29, 0.717) is 5.69 Å². The Morgan fingerprint density at radius 3 is 2.39 bits per heavy atom. The van der Waals surface area contributed by atoms with Crippen LogP contribution >= 0.6 is 23.2 Å². The first-order valence-corrected chi connectivity index (χ1v) is 11.7. The van der Waals surface area contributed by atoms with Crippen LogP contribution in [0.2, 0.25) is 10.0 Å². The van der Waals surface area contributed by atoms with Crippen molar-refractivity contribution in [2.75, 3.05) is 26.2 Å². The van der Waals surface area contributed by atoms with E-state index >= 15 is 0 Å². The van der Waals surface area contributed by atoms with Crippen molar-refractivity contribution < 1.29 is 17.7 Å². The molecule has 0 saturated carbocycles. The molecule has 0 radical (unpaired) electrons. The predicted molar refractivity (Wildman–Crippen MR) is 118 cm³/mol. The molecule has 0 unspecified atom stereocenters. The van der Waals surface area contributed by atoms with Gasteiger partial charge in [-0.2, -0.15) is 4.31 Å². The number of sulfonamides is 1. The van der Waals surface area contributed by atoms with E-state index in [1.54, 1.807) is 11.0 Å². The van der Waals surface area contributed by atoms with Crippen LogP contribution in [0.5, 0.6) is 0 Å². The maximum Gasteiger partial charge on any atom is 0.292 e. The van der Waals surface area contributed by atoms with Crippen molar-refractivity contribution >= 4 is 39.1 Å². The Hall–Kier alpha value is -2.39. The van der Waals surface area contributed by atoms with Gasteiger partial charge >= 0.3 is 0 Å². The molecule has 4 rings (SSSR count). The Morgan fingerprint density at radius 2 is 1.71 bits per heavy atom. The molecule has 3 aromatic rings. The molecule has 0 aliphatic carbocycles. The molecule has 1 fully saturated rings. The standard InChI is InChI=1S/C21H19Cl2N3O4S/c1-14-5-7-15(8-6-14)17-13-18(30-24-17)21(27)25-9-11-26(12-10-25)31(28,29)19-4-2-3-16(22)20(19)23/h2-8,13H,9-12H2,1H3. The zero-order valence-corrected chi connectivity index (χ0v) is 18.9. The van der Waals surface area contributed by atoms with Crippen molar-refractivity contribution in [2.45, 2.75) is 11.8 Å². The third-order valence-corrected chi connectivity index (χ3v) is 8.00. The van der Waals surface area contributed by atoms with Gasteiger partial charge in [-0.1, -0.05) is 64.3 Å². The predicted octanol–water partition coefficient (Wildman–Crippen LogP) is 4.10. The largest absolute Gasteiger partial charge is 0.350 e. The lowest BCUT2D eigenvalue weighted by atomic mass is 10.1. The highest BCUT2D eigenvalue weighted by molar-refractivity contribution is 7.89. The fourth-order valence-corrected chi connectivity index (χ4v) is 5.50. The third kappa shape index (κ3) is 4.34. The first-order chi connectivity index (χ1) is 14.8. The van der Waals surface area contributed by atoms with E-state index in [0.717, 1.165) is 11.1 Å². The molecule has 1 aliphatic heterocycles. The molecule has 1 aliphatic rings. The van der Waals surface area contributed by atoms with Crippen LogP contribution < -0.4 is 0 Å². The molecule has 2 aromatic carbocycles. The van der Waals surface area contributed by atoms with Crippen molar-refractivity contribution in [3.05, 3.63) is 69.9 Å². The quantitative estimate of drug-likeness (QED) is 0.562. The van der Waals surface area contributed by atoms with Gasteiger partial charge in [0.15, 0.2) is 0 Å². The Bertz CT molecular complexity index is 1220. The van der Waals surface area contributed by atoms with E-state index in [4.69, 9.17) is 27.7 Å². The number of benzene rings is 2. The number of rotatable bonds is 4. The smallest absolute Gasteiger partial charge is 0.292 e. The van der Waals surface area contributed by atoms with Gasteiger partial charge in [-0.15, -0.1) is 0 Å². The summed E-state index contributed by atoms with van der Waals surface area (Å²) < 4.78 is 32.4. The zero-order chi connectivity index (χ0) is 22.2. The average Bonchev–Trinajstić information content (AvgIpc) is 3.26. The van der Waals surface area contributed by atoms with Crippen molar-refractivity contribution in [1.29, 1.82) is 0 Å².